The Balaban J connectivity index is 1.96. The fraction of sp³-hybridized carbons (Fsp3) is 0.214. The molecular formula is C14H15BrN2O. The Morgan fingerprint density at radius 3 is 2.83 bits per heavy atom. The average Bonchev–Trinajstić information content (AvgIpc) is 2.38. The standard InChI is InChI=1S/C14H15BrN2O/c1-10(11-3-2-4-12(15)7-11)16-8-13-5-6-14(18)9-17-13/h2-7,9-10,16,18H,8H2,1H3/t10-/m0/s1. The van der Waals surface area contributed by atoms with Gasteiger partial charge in [-0.15, -0.1) is 0 Å². The van der Waals surface area contributed by atoms with E-state index in [-0.39, 0.29) is 11.8 Å². The summed E-state index contributed by atoms with van der Waals surface area (Å²) in [6, 6.07) is 11.9. The third kappa shape index (κ3) is 3.55. The Morgan fingerprint density at radius 1 is 1.33 bits per heavy atom. The van der Waals surface area contributed by atoms with E-state index >= 15 is 0 Å². The molecule has 0 radical (unpaired) electrons. The van der Waals surface area contributed by atoms with E-state index in [1.165, 1.54) is 11.8 Å². The van der Waals surface area contributed by atoms with E-state index in [1.54, 1.807) is 6.07 Å². The summed E-state index contributed by atoms with van der Waals surface area (Å²) in [5, 5.41) is 12.6. The molecule has 1 aromatic heterocycles. The second kappa shape index (κ2) is 5.98. The first kappa shape index (κ1) is 13.1. The minimum absolute atomic E-state index is 0.193. The summed E-state index contributed by atoms with van der Waals surface area (Å²) in [7, 11) is 0. The molecule has 2 N–H and O–H groups in total. The van der Waals surface area contributed by atoms with Crippen molar-refractivity contribution in [3.63, 3.8) is 0 Å². The van der Waals surface area contributed by atoms with Gasteiger partial charge in [-0.25, -0.2) is 0 Å². The Labute approximate surface area is 115 Å². The van der Waals surface area contributed by atoms with Crippen molar-refractivity contribution in [2.75, 3.05) is 0 Å². The monoisotopic (exact) mass is 306 g/mol. The normalized spacial score (nSPS) is 12.3. The Hall–Kier alpha value is -1.39. The summed E-state index contributed by atoms with van der Waals surface area (Å²) in [6.07, 6.45) is 1.46. The highest BCUT2D eigenvalue weighted by molar-refractivity contribution is 9.10. The van der Waals surface area contributed by atoms with Crippen LogP contribution in [0.5, 0.6) is 5.75 Å². The number of pyridine rings is 1. The van der Waals surface area contributed by atoms with Crippen LogP contribution in [-0.4, -0.2) is 10.1 Å². The van der Waals surface area contributed by atoms with Gasteiger partial charge in [0.2, 0.25) is 0 Å². The highest BCUT2D eigenvalue weighted by Crippen LogP contribution is 2.18. The van der Waals surface area contributed by atoms with Crippen molar-refractivity contribution in [2.45, 2.75) is 19.5 Å². The van der Waals surface area contributed by atoms with Crippen LogP contribution < -0.4 is 5.32 Å². The lowest BCUT2D eigenvalue weighted by molar-refractivity contribution is 0.471. The van der Waals surface area contributed by atoms with E-state index in [0.717, 1.165) is 10.2 Å². The molecule has 0 aliphatic heterocycles. The maximum atomic E-state index is 9.15. The molecule has 0 amide bonds. The number of halogens is 1. The molecule has 2 rings (SSSR count). The molecule has 0 aliphatic rings. The first-order chi connectivity index (χ1) is 8.65. The van der Waals surface area contributed by atoms with Crippen LogP contribution >= 0.6 is 15.9 Å². The van der Waals surface area contributed by atoms with E-state index in [9.17, 15) is 0 Å². The fourth-order valence-electron chi connectivity index (χ4n) is 1.67. The predicted molar refractivity (Wildman–Crippen MR) is 75.3 cm³/mol. The molecule has 4 heteroatoms. The van der Waals surface area contributed by atoms with Gasteiger partial charge in [0, 0.05) is 17.1 Å². The highest BCUT2D eigenvalue weighted by Gasteiger charge is 2.05. The van der Waals surface area contributed by atoms with Crippen LogP contribution in [0.1, 0.15) is 24.2 Å². The third-order valence-corrected chi connectivity index (χ3v) is 3.24. The van der Waals surface area contributed by atoms with Crippen LogP contribution in [0.25, 0.3) is 0 Å². The molecule has 1 heterocycles. The van der Waals surface area contributed by atoms with Gasteiger partial charge in [-0.2, -0.15) is 0 Å². The van der Waals surface area contributed by atoms with E-state index in [0.29, 0.717) is 6.54 Å². The fourth-order valence-corrected chi connectivity index (χ4v) is 2.09. The number of hydrogen-bond donors (Lipinski definition) is 2. The summed E-state index contributed by atoms with van der Waals surface area (Å²) in [6.45, 7) is 2.79. The average molecular weight is 307 g/mol. The van der Waals surface area contributed by atoms with Crippen molar-refractivity contribution in [3.05, 3.63) is 58.3 Å². The SMILES string of the molecule is C[C@H](NCc1ccc(O)cn1)c1cccc(Br)c1. The molecule has 1 aromatic carbocycles. The quantitative estimate of drug-likeness (QED) is 0.910. The number of nitrogens with zero attached hydrogens (tertiary/aromatic N) is 1. The number of aromatic hydroxyl groups is 1. The maximum absolute atomic E-state index is 9.15. The van der Waals surface area contributed by atoms with Crippen molar-refractivity contribution >= 4 is 15.9 Å². The van der Waals surface area contributed by atoms with Gasteiger partial charge >= 0.3 is 0 Å². The molecule has 94 valence electrons. The molecule has 18 heavy (non-hydrogen) atoms. The smallest absolute Gasteiger partial charge is 0.133 e. The number of hydrogen-bond acceptors (Lipinski definition) is 3. The molecule has 0 saturated carbocycles. The lowest BCUT2D eigenvalue weighted by Gasteiger charge is -2.14. The summed E-state index contributed by atoms with van der Waals surface area (Å²) >= 11 is 3.47. The molecular weight excluding hydrogens is 292 g/mol. The van der Waals surface area contributed by atoms with Gasteiger partial charge < -0.3 is 10.4 Å². The summed E-state index contributed by atoms with van der Waals surface area (Å²) in [5.74, 6) is 0.193. The summed E-state index contributed by atoms with van der Waals surface area (Å²) in [4.78, 5) is 4.14. The van der Waals surface area contributed by atoms with E-state index < -0.39 is 0 Å². The van der Waals surface area contributed by atoms with Crippen LogP contribution in [0.15, 0.2) is 47.1 Å². The predicted octanol–water partition coefficient (Wildman–Crippen LogP) is 3.40. The Bertz CT molecular complexity index is 513. The second-order valence-corrected chi connectivity index (χ2v) is 5.08. The van der Waals surface area contributed by atoms with E-state index in [2.05, 4.69) is 45.3 Å². The van der Waals surface area contributed by atoms with Crippen LogP contribution in [0, 0.1) is 0 Å². The number of aromatic nitrogens is 1. The third-order valence-electron chi connectivity index (χ3n) is 2.75. The van der Waals surface area contributed by atoms with Crippen molar-refractivity contribution in [1.29, 1.82) is 0 Å². The lowest BCUT2D eigenvalue weighted by Crippen LogP contribution is -2.18. The van der Waals surface area contributed by atoms with Crippen LogP contribution in [0.2, 0.25) is 0 Å². The lowest BCUT2D eigenvalue weighted by atomic mass is 10.1. The van der Waals surface area contributed by atoms with E-state index in [4.69, 9.17) is 5.11 Å². The molecule has 0 fully saturated rings. The molecule has 2 aromatic rings. The summed E-state index contributed by atoms with van der Waals surface area (Å²) < 4.78 is 1.08. The second-order valence-electron chi connectivity index (χ2n) is 4.17. The van der Waals surface area contributed by atoms with Crippen molar-refractivity contribution in [3.8, 4) is 5.75 Å². The zero-order valence-corrected chi connectivity index (χ0v) is 11.7. The zero-order chi connectivity index (χ0) is 13.0. The van der Waals surface area contributed by atoms with Gasteiger partial charge in [-0.3, -0.25) is 4.98 Å². The number of benzene rings is 1. The number of rotatable bonds is 4. The molecule has 0 spiro atoms. The van der Waals surface area contributed by atoms with Crippen LogP contribution in [-0.2, 0) is 6.54 Å². The molecule has 0 aliphatic carbocycles. The zero-order valence-electron chi connectivity index (χ0n) is 10.1. The van der Waals surface area contributed by atoms with Crippen molar-refractivity contribution < 1.29 is 5.11 Å². The largest absolute Gasteiger partial charge is 0.506 e. The highest BCUT2D eigenvalue weighted by atomic mass is 79.9. The number of nitrogens with one attached hydrogen (secondary N) is 1. The summed E-state index contributed by atoms with van der Waals surface area (Å²) in [5.41, 5.74) is 2.14. The van der Waals surface area contributed by atoms with E-state index in [1.807, 2.05) is 18.2 Å². The maximum Gasteiger partial charge on any atom is 0.133 e. The minimum atomic E-state index is 0.193. The first-order valence-electron chi connectivity index (χ1n) is 5.78. The minimum Gasteiger partial charge on any atom is -0.506 e. The molecule has 0 saturated heterocycles. The van der Waals surface area contributed by atoms with Gasteiger partial charge in [0.1, 0.15) is 5.75 Å². The van der Waals surface area contributed by atoms with Crippen LogP contribution in [0.4, 0.5) is 0 Å². The van der Waals surface area contributed by atoms with Gasteiger partial charge in [0.15, 0.2) is 0 Å². The van der Waals surface area contributed by atoms with Gasteiger partial charge in [-0.1, -0.05) is 28.1 Å². The first-order valence-corrected chi connectivity index (χ1v) is 6.57. The van der Waals surface area contributed by atoms with Gasteiger partial charge in [0.05, 0.1) is 11.9 Å². The molecule has 1 atom stereocenters. The Kier molecular flexibility index (Phi) is 4.33. The molecule has 0 bridgehead atoms. The van der Waals surface area contributed by atoms with Gasteiger partial charge in [0.25, 0.3) is 0 Å². The Morgan fingerprint density at radius 2 is 2.17 bits per heavy atom. The molecule has 0 unspecified atom stereocenters. The van der Waals surface area contributed by atoms with Crippen molar-refractivity contribution in [2.24, 2.45) is 0 Å². The topological polar surface area (TPSA) is 45.1 Å². The van der Waals surface area contributed by atoms with Gasteiger partial charge in [-0.05, 0) is 36.8 Å². The van der Waals surface area contributed by atoms with Crippen LogP contribution in [0.3, 0.4) is 0 Å². The van der Waals surface area contributed by atoms with Crippen molar-refractivity contribution in [1.82, 2.24) is 10.3 Å². The molecule has 3 nitrogen and oxygen atoms in total.